The Morgan fingerprint density at radius 2 is 1.83 bits per heavy atom. The zero-order valence-electron chi connectivity index (χ0n) is 13.2. The van der Waals surface area contributed by atoms with E-state index in [1.54, 1.807) is 18.5 Å². The lowest BCUT2D eigenvalue weighted by Crippen LogP contribution is -2.49. The van der Waals surface area contributed by atoms with E-state index in [1.807, 2.05) is 39.9 Å². The van der Waals surface area contributed by atoms with Gasteiger partial charge in [0.05, 0.1) is 12.1 Å². The van der Waals surface area contributed by atoms with Crippen molar-refractivity contribution < 1.29 is 4.79 Å². The summed E-state index contributed by atoms with van der Waals surface area (Å²) in [4.78, 5) is 29.5. The number of piperazine rings is 1. The molecule has 1 aliphatic heterocycles. The van der Waals surface area contributed by atoms with Crippen molar-refractivity contribution in [2.24, 2.45) is 0 Å². The summed E-state index contributed by atoms with van der Waals surface area (Å²) >= 11 is 0. The predicted octanol–water partition coefficient (Wildman–Crippen LogP) is 1.02. The molecule has 0 radical (unpaired) electrons. The van der Waals surface area contributed by atoms with Crippen LogP contribution < -0.4 is 4.90 Å². The normalized spacial score (nSPS) is 15.0. The Hall–Kier alpha value is -2.96. The van der Waals surface area contributed by atoms with Crippen LogP contribution in [0.4, 0.5) is 5.95 Å². The van der Waals surface area contributed by atoms with E-state index in [4.69, 9.17) is 0 Å². The molecule has 3 aromatic heterocycles. The van der Waals surface area contributed by atoms with Crippen LogP contribution in [0.25, 0.3) is 5.65 Å². The molecule has 1 fully saturated rings. The number of hydrogen-bond donors (Lipinski definition) is 0. The Balaban J connectivity index is 1.37. The van der Waals surface area contributed by atoms with Gasteiger partial charge in [-0.1, -0.05) is 6.07 Å². The number of carbonyl (C=O) groups excluding carboxylic acids is 1. The molecule has 1 aliphatic rings. The van der Waals surface area contributed by atoms with Crippen LogP contribution in [0.1, 0.15) is 5.69 Å². The highest BCUT2D eigenvalue weighted by Crippen LogP contribution is 2.12. The number of carbonyl (C=O) groups is 1. The highest BCUT2D eigenvalue weighted by atomic mass is 16.2. The zero-order chi connectivity index (χ0) is 16.4. The van der Waals surface area contributed by atoms with Crippen molar-refractivity contribution in [3.8, 4) is 0 Å². The fraction of sp³-hybridized carbons (Fsp3) is 0.294. The summed E-state index contributed by atoms with van der Waals surface area (Å²) in [6, 6.07) is 7.63. The van der Waals surface area contributed by atoms with Gasteiger partial charge in [-0.2, -0.15) is 0 Å². The first-order chi connectivity index (χ1) is 11.8. The molecule has 4 rings (SSSR count). The maximum atomic E-state index is 12.5. The van der Waals surface area contributed by atoms with E-state index in [0.29, 0.717) is 19.5 Å². The standard InChI is InChI=1S/C17H18N6O/c24-16(12-14-13-23-7-2-1-4-15(23)20-14)21-8-10-22(11-9-21)17-18-5-3-6-19-17/h1-7,13H,8-12H2. The van der Waals surface area contributed by atoms with Gasteiger partial charge in [0.2, 0.25) is 11.9 Å². The van der Waals surface area contributed by atoms with Gasteiger partial charge in [0.1, 0.15) is 5.65 Å². The first kappa shape index (κ1) is 14.6. The molecule has 4 heterocycles. The molecule has 24 heavy (non-hydrogen) atoms. The van der Waals surface area contributed by atoms with Crippen LogP contribution in [0.2, 0.25) is 0 Å². The van der Waals surface area contributed by atoms with E-state index in [2.05, 4.69) is 19.9 Å². The van der Waals surface area contributed by atoms with Gasteiger partial charge in [-0.15, -0.1) is 0 Å². The van der Waals surface area contributed by atoms with E-state index in [1.165, 1.54) is 0 Å². The first-order valence-electron chi connectivity index (χ1n) is 8.02. The van der Waals surface area contributed by atoms with Crippen LogP contribution in [-0.4, -0.2) is 56.3 Å². The molecule has 0 aliphatic carbocycles. The van der Waals surface area contributed by atoms with Crippen molar-refractivity contribution >= 4 is 17.5 Å². The molecule has 0 spiro atoms. The largest absolute Gasteiger partial charge is 0.339 e. The van der Waals surface area contributed by atoms with Gasteiger partial charge in [-0.3, -0.25) is 4.79 Å². The Bertz CT molecular complexity index is 805. The minimum absolute atomic E-state index is 0.118. The smallest absolute Gasteiger partial charge is 0.228 e. The third-order valence-electron chi connectivity index (χ3n) is 4.21. The number of amides is 1. The van der Waals surface area contributed by atoms with Gasteiger partial charge in [0.25, 0.3) is 0 Å². The van der Waals surface area contributed by atoms with E-state index < -0.39 is 0 Å². The molecule has 1 amide bonds. The molecule has 7 heteroatoms. The number of anilines is 1. The zero-order valence-corrected chi connectivity index (χ0v) is 13.2. The topological polar surface area (TPSA) is 66.6 Å². The van der Waals surface area contributed by atoms with Crippen molar-refractivity contribution in [3.63, 3.8) is 0 Å². The fourth-order valence-electron chi connectivity index (χ4n) is 2.95. The summed E-state index contributed by atoms with van der Waals surface area (Å²) in [5, 5.41) is 0. The third-order valence-corrected chi connectivity index (χ3v) is 4.21. The SMILES string of the molecule is O=C(Cc1cn2ccccc2n1)N1CCN(c2ncccn2)CC1. The quantitative estimate of drug-likeness (QED) is 0.720. The summed E-state index contributed by atoms with van der Waals surface area (Å²) in [5.41, 5.74) is 1.67. The Morgan fingerprint density at radius 1 is 1.04 bits per heavy atom. The second-order valence-electron chi connectivity index (χ2n) is 5.79. The molecule has 0 unspecified atom stereocenters. The predicted molar refractivity (Wildman–Crippen MR) is 89.7 cm³/mol. The second-order valence-corrected chi connectivity index (χ2v) is 5.79. The molecule has 3 aromatic rings. The molecule has 0 bridgehead atoms. The van der Waals surface area contributed by atoms with E-state index in [0.717, 1.165) is 30.4 Å². The minimum atomic E-state index is 0.118. The fourth-order valence-corrected chi connectivity index (χ4v) is 2.95. The van der Waals surface area contributed by atoms with Gasteiger partial charge in [-0.25, -0.2) is 15.0 Å². The number of aromatic nitrogens is 4. The van der Waals surface area contributed by atoms with Crippen LogP contribution in [0.3, 0.4) is 0 Å². The summed E-state index contributed by atoms with van der Waals surface area (Å²) in [5.74, 6) is 0.844. The average Bonchev–Trinajstić information content (AvgIpc) is 3.05. The van der Waals surface area contributed by atoms with Crippen LogP contribution >= 0.6 is 0 Å². The number of nitrogens with zero attached hydrogens (tertiary/aromatic N) is 6. The molecular weight excluding hydrogens is 304 g/mol. The second kappa shape index (κ2) is 6.27. The maximum absolute atomic E-state index is 12.5. The van der Waals surface area contributed by atoms with Gasteiger partial charge < -0.3 is 14.2 Å². The molecule has 0 N–H and O–H groups in total. The third kappa shape index (κ3) is 2.92. The summed E-state index contributed by atoms with van der Waals surface area (Å²) in [7, 11) is 0. The lowest BCUT2D eigenvalue weighted by atomic mass is 10.2. The molecule has 122 valence electrons. The van der Waals surface area contributed by atoms with Gasteiger partial charge in [-0.05, 0) is 18.2 Å². The number of pyridine rings is 1. The Kier molecular flexibility index (Phi) is 3.82. The molecule has 7 nitrogen and oxygen atoms in total. The molecule has 0 aromatic carbocycles. The highest BCUT2D eigenvalue weighted by molar-refractivity contribution is 5.78. The van der Waals surface area contributed by atoms with Crippen molar-refractivity contribution in [2.45, 2.75) is 6.42 Å². The average molecular weight is 322 g/mol. The van der Waals surface area contributed by atoms with E-state index in [-0.39, 0.29) is 5.91 Å². The summed E-state index contributed by atoms with van der Waals surface area (Å²) in [6.07, 6.45) is 7.67. The Morgan fingerprint density at radius 3 is 2.58 bits per heavy atom. The number of rotatable bonds is 3. The van der Waals surface area contributed by atoms with E-state index in [9.17, 15) is 4.79 Å². The van der Waals surface area contributed by atoms with E-state index >= 15 is 0 Å². The highest BCUT2D eigenvalue weighted by Gasteiger charge is 2.23. The van der Waals surface area contributed by atoms with Gasteiger partial charge >= 0.3 is 0 Å². The number of hydrogen-bond acceptors (Lipinski definition) is 5. The van der Waals surface area contributed by atoms with Crippen LogP contribution in [0, 0.1) is 0 Å². The summed E-state index contributed by atoms with van der Waals surface area (Å²) in [6.45, 7) is 2.87. The number of imidazole rings is 1. The lowest BCUT2D eigenvalue weighted by molar-refractivity contribution is -0.130. The van der Waals surface area contributed by atoms with Crippen molar-refractivity contribution in [1.29, 1.82) is 0 Å². The molecule has 1 saturated heterocycles. The summed E-state index contributed by atoms with van der Waals surface area (Å²) < 4.78 is 1.94. The molecular formula is C17H18N6O. The van der Waals surface area contributed by atoms with Crippen LogP contribution in [0.5, 0.6) is 0 Å². The molecule has 0 saturated carbocycles. The Labute approximate surface area is 139 Å². The maximum Gasteiger partial charge on any atom is 0.228 e. The van der Waals surface area contributed by atoms with Crippen molar-refractivity contribution in [3.05, 3.63) is 54.7 Å². The monoisotopic (exact) mass is 322 g/mol. The van der Waals surface area contributed by atoms with Crippen LogP contribution in [-0.2, 0) is 11.2 Å². The van der Waals surface area contributed by atoms with Crippen LogP contribution in [0.15, 0.2) is 49.1 Å². The van der Waals surface area contributed by atoms with Crippen molar-refractivity contribution in [2.75, 3.05) is 31.1 Å². The van der Waals surface area contributed by atoms with Crippen molar-refractivity contribution in [1.82, 2.24) is 24.3 Å². The minimum Gasteiger partial charge on any atom is -0.339 e. The number of fused-ring (bicyclic) bond motifs is 1. The lowest BCUT2D eigenvalue weighted by Gasteiger charge is -2.34. The molecule has 0 atom stereocenters. The van der Waals surface area contributed by atoms with Gasteiger partial charge in [0.15, 0.2) is 0 Å². The van der Waals surface area contributed by atoms with Gasteiger partial charge in [0, 0.05) is 51.0 Å². The first-order valence-corrected chi connectivity index (χ1v) is 8.02.